The minimum Gasteiger partial charge on any atom is -0.508 e. The van der Waals surface area contributed by atoms with Crippen LogP contribution in [-0.4, -0.2) is 40.4 Å². The lowest BCUT2D eigenvalue weighted by Gasteiger charge is -2.32. The Bertz CT molecular complexity index is 350. The normalized spacial score (nSPS) is 28.9. The summed E-state index contributed by atoms with van der Waals surface area (Å²) in [4.78, 5) is 0. The summed E-state index contributed by atoms with van der Waals surface area (Å²) in [5.41, 5.74) is 0. The first kappa shape index (κ1) is 12.2. The summed E-state index contributed by atoms with van der Waals surface area (Å²) >= 11 is 0. The molecule has 1 aliphatic heterocycles. The number of rotatable bonds is 3. The average molecular weight is 240 g/mol. The number of phenols is 1. The minimum absolute atomic E-state index is 0.132. The van der Waals surface area contributed by atoms with Crippen molar-refractivity contribution in [1.29, 1.82) is 0 Å². The van der Waals surface area contributed by atoms with Crippen LogP contribution in [0.1, 0.15) is 12.8 Å². The van der Waals surface area contributed by atoms with Gasteiger partial charge in [0.25, 0.3) is 0 Å². The Morgan fingerprint density at radius 1 is 1.24 bits per heavy atom. The average Bonchev–Trinajstić information content (AvgIpc) is 2.31. The third-order valence-corrected chi connectivity index (χ3v) is 2.65. The Hall–Kier alpha value is -1.30. The van der Waals surface area contributed by atoms with Crippen molar-refractivity contribution >= 4 is 0 Å². The number of phenolic OH excluding ortho intramolecular Hbond substituents is 1. The van der Waals surface area contributed by atoms with Gasteiger partial charge in [0.1, 0.15) is 11.5 Å². The summed E-state index contributed by atoms with van der Waals surface area (Å²) < 4.78 is 11.0. The highest BCUT2D eigenvalue weighted by Gasteiger charge is 2.29. The second kappa shape index (κ2) is 5.35. The number of aromatic hydroxyl groups is 1. The van der Waals surface area contributed by atoms with Gasteiger partial charge in [-0.1, -0.05) is 0 Å². The summed E-state index contributed by atoms with van der Waals surface area (Å²) in [7, 11) is 0. The highest BCUT2D eigenvalue weighted by atomic mass is 16.7. The number of benzene rings is 1. The van der Waals surface area contributed by atoms with E-state index < -0.39 is 12.4 Å². The SMILES string of the molecule is OC[C@H]1C[C@@H](O)C[C@@H](Oc2ccc(O)cc2)O1. The Labute approximate surface area is 99.2 Å². The molecule has 1 heterocycles. The third-order valence-electron chi connectivity index (χ3n) is 2.65. The Kier molecular flexibility index (Phi) is 3.83. The van der Waals surface area contributed by atoms with Crippen LogP contribution in [0.4, 0.5) is 0 Å². The van der Waals surface area contributed by atoms with Crippen LogP contribution in [0, 0.1) is 0 Å². The predicted molar refractivity (Wildman–Crippen MR) is 59.7 cm³/mol. The van der Waals surface area contributed by atoms with Gasteiger partial charge < -0.3 is 24.8 Å². The lowest BCUT2D eigenvalue weighted by molar-refractivity contribution is -0.184. The molecule has 0 aliphatic carbocycles. The molecule has 0 radical (unpaired) electrons. The van der Waals surface area contributed by atoms with Crippen LogP contribution in [0.5, 0.6) is 11.5 Å². The molecule has 1 fully saturated rings. The van der Waals surface area contributed by atoms with Crippen LogP contribution in [0.25, 0.3) is 0 Å². The molecule has 17 heavy (non-hydrogen) atoms. The molecule has 0 unspecified atom stereocenters. The summed E-state index contributed by atoms with van der Waals surface area (Å²) in [6, 6.07) is 6.26. The largest absolute Gasteiger partial charge is 0.508 e. The van der Waals surface area contributed by atoms with Crippen LogP contribution in [0.2, 0.25) is 0 Å². The van der Waals surface area contributed by atoms with Gasteiger partial charge in [0, 0.05) is 12.8 Å². The maximum Gasteiger partial charge on any atom is 0.202 e. The summed E-state index contributed by atoms with van der Waals surface area (Å²) in [6.45, 7) is -0.132. The zero-order valence-electron chi connectivity index (χ0n) is 9.32. The molecule has 5 nitrogen and oxygen atoms in total. The topological polar surface area (TPSA) is 79.2 Å². The second-order valence-corrected chi connectivity index (χ2v) is 4.11. The van der Waals surface area contributed by atoms with Crippen LogP contribution >= 0.6 is 0 Å². The minimum atomic E-state index is -0.569. The van der Waals surface area contributed by atoms with E-state index in [1.165, 1.54) is 12.1 Å². The van der Waals surface area contributed by atoms with Crippen molar-refractivity contribution in [3.8, 4) is 11.5 Å². The highest BCUT2D eigenvalue weighted by molar-refractivity contribution is 5.30. The van der Waals surface area contributed by atoms with Gasteiger partial charge in [-0.3, -0.25) is 0 Å². The van der Waals surface area contributed by atoms with Gasteiger partial charge in [-0.05, 0) is 24.3 Å². The molecule has 3 N–H and O–H groups in total. The standard InChI is InChI=1S/C12H16O5/c13-7-11-5-9(15)6-12(17-11)16-10-3-1-8(14)2-4-10/h1-4,9,11-15H,5-7H2/t9-,11-,12+/m1/s1. The van der Waals surface area contributed by atoms with Gasteiger partial charge >= 0.3 is 0 Å². The number of aliphatic hydroxyl groups is 2. The summed E-state index contributed by atoms with van der Waals surface area (Å²) in [6.07, 6.45) is -0.687. The Morgan fingerprint density at radius 2 is 1.94 bits per heavy atom. The molecule has 5 heteroatoms. The van der Waals surface area contributed by atoms with Crippen molar-refractivity contribution in [2.45, 2.75) is 31.3 Å². The van der Waals surface area contributed by atoms with E-state index in [-0.39, 0.29) is 18.5 Å². The van der Waals surface area contributed by atoms with Crippen LogP contribution in [0.15, 0.2) is 24.3 Å². The smallest absolute Gasteiger partial charge is 0.202 e. The van der Waals surface area contributed by atoms with Crippen molar-refractivity contribution in [2.75, 3.05) is 6.61 Å². The molecule has 94 valence electrons. The molecule has 0 saturated carbocycles. The zero-order chi connectivity index (χ0) is 12.3. The fourth-order valence-corrected chi connectivity index (χ4v) is 1.82. The first-order valence-corrected chi connectivity index (χ1v) is 5.57. The maximum absolute atomic E-state index is 9.59. The molecule has 2 rings (SSSR count). The molecule has 1 aromatic carbocycles. The van der Waals surface area contributed by atoms with Crippen molar-refractivity contribution in [3.05, 3.63) is 24.3 Å². The van der Waals surface area contributed by atoms with Crippen LogP contribution in [-0.2, 0) is 4.74 Å². The van der Waals surface area contributed by atoms with E-state index in [0.29, 0.717) is 18.6 Å². The fraction of sp³-hybridized carbons (Fsp3) is 0.500. The number of hydrogen-bond donors (Lipinski definition) is 3. The van der Waals surface area contributed by atoms with Gasteiger partial charge in [-0.15, -0.1) is 0 Å². The molecular weight excluding hydrogens is 224 g/mol. The first-order chi connectivity index (χ1) is 8.17. The van der Waals surface area contributed by atoms with E-state index in [4.69, 9.17) is 19.7 Å². The van der Waals surface area contributed by atoms with Crippen LogP contribution < -0.4 is 4.74 Å². The molecule has 0 bridgehead atoms. The van der Waals surface area contributed by atoms with Crippen molar-refractivity contribution in [1.82, 2.24) is 0 Å². The van der Waals surface area contributed by atoms with Crippen molar-refractivity contribution in [3.63, 3.8) is 0 Å². The van der Waals surface area contributed by atoms with E-state index in [1.807, 2.05) is 0 Å². The van der Waals surface area contributed by atoms with Gasteiger partial charge in [0.15, 0.2) is 0 Å². The van der Waals surface area contributed by atoms with E-state index in [1.54, 1.807) is 12.1 Å². The van der Waals surface area contributed by atoms with Gasteiger partial charge in [-0.2, -0.15) is 0 Å². The monoisotopic (exact) mass is 240 g/mol. The zero-order valence-corrected chi connectivity index (χ0v) is 9.32. The van der Waals surface area contributed by atoms with E-state index >= 15 is 0 Å². The van der Waals surface area contributed by atoms with Gasteiger partial charge in [-0.25, -0.2) is 0 Å². The second-order valence-electron chi connectivity index (χ2n) is 4.11. The van der Waals surface area contributed by atoms with E-state index in [9.17, 15) is 5.11 Å². The molecule has 1 saturated heterocycles. The van der Waals surface area contributed by atoms with Crippen molar-refractivity contribution in [2.24, 2.45) is 0 Å². The lowest BCUT2D eigenvalue weighted by Crippen LogP contribution is -2.40. The molecule has 1 aliphatic rings. The molecule has 0 aromatic heterocycles. The quantitative estimate of drug-likeness (QED) is 0.722. The van der Waals surface area contributed by atoms with E-state index in [0.717, 1.165) is 0 Å². The summed E-state index contributed by atoms with van der Waals surface area (Å²) in [5.74, 6) is 0.716. The third kappa shape index (κ3) is 3.33. The van der Waals surface area contributed by atoms with Crippen LogP contribution in [0.3, 0.4) is 0 Å². The predicted octanol–water partition coefficient (Wildman–Crippen LogP) is 0.629. The highest BCUT2D eigenvalue weighted by Crippen LogP contribution is 2.24. The van der Waals surface area contributed by atoms with Gasteiger partial charge in [0.2, 0.25) is 6.29 Å². The molecule has 0 spiro atoms. The lowest BCUT2D eigenvalue weighted by atomic mass is 10.1. The number of ether oxygens (including phenoxy) is 2. The number of hydrogen-bond acceptors (Lipinski definition) is 5. The maximum atomic E-state index is 9.59. The fourth-order valence-electron chi connectivity index (χ4n) is 1.82. The van der Waals surface area contributed by atoms with Gasteiger partial charge in [0.05, 0.1) is 18.8 Å². The summed E-state index contributed by atoms with van der Waals surface area (Å²) in [5, 5.41) is 27.7. The van der Waals surface area contributed by atoms with E-state index in [2.05, 4.69) is 0 Å². The number of aliphatic hydroxyl groups excluding tert-OH is 2. The Balaban J connectivity index is 1.95. The molecule has 0 amide bonds. The molecule has 3 atom stereocenters. The Morgan fingerprint density at radius 3 is 2.59 bits per heavy atom. The first-order valence-electron chi connectivity index (χ1n) is 5.57. The van der Waals surface area contributed by atoms with Crippen molar-refractivity contribution < 1.29 is 24.8 Å². The molecule has 1 aromatic rings. The molecular formula is C12H16O5.